The molecule has 0 aliphatic carbocycles. The second-order valence-electron chi connectivity index (χ2n) is 10.9. The number of rotatable bonds is 8. The predicted octanol–water partition coefficient (Wildman–Crippen LogP) is 4.06. The van der Waals surface area contributed by atoms with Gasteiger partial charge in [-0.05, 0) is 49.0 Å². The van der Waals surface area contributed by atoms with Crippen molar-refractivity contribution < 1.29 is 17.9 Å². The molecular formula is C30H35F3N8O. The number of fused-ring (bicyclic) bond motifs is 1. The molecule has 2 fully saturated rings. The molecule has 4 aromatic rings. The first-order valence-electron chi connectivity index (χ1n) is 14.3. The number of nitrogens with zero attached hydrogens (tertiary/aromatic N) is 7. The molecular weight excluding hydrogens is 545 g/mol. The normalized spacial score (nSPS) is 17.2. The molecule has 0 saturated carbocycles. The fraction of sp³-hybridized carbons (Fsp3) is 0.433. The maximum Gasteiger partial charge on any atom is 0.416 e. The monoisotopic (exact) mass is 580 g/mol. The number of hydrogen-bond donors (Lipinski definition) is 1. The predicted molar refractivity (Wildman–Crippen MR) is 157 cm³/mol. The minimum Gasteiger partial charge on any atom is -0.379 e. The van der Waals surface area contributed by atoms with E-state index in [1.54, 1.807) is 6.33 Å². The fourth-order valence-electron chi connectivity index (χ4n) is 5.35. The van der Waals surface area contributed by atoms with Crippen LogP contribution >= 0.6 is 0 Å². The third-order valence-corrected chi connectivity index (χ3v) is 7.92. The van der Waals surface area contributed by atoms with Gasteiger partial charge in [-0.15, -0.1) is 0 Å². The number of morpholine rings is 1. The molecule has 2 saturated heterocycles. The minimum absolute atomic E-state index is 0.334. The molecule has 0 unspecified atom stereocenters. The van der Waals surface area contributed by atoms with Crippen LogP contribution in [0.3, 0.4) is 0 Å². The first-order valence-corrected chi connectivity index (χ1v) is 14.3. The Morgan fingerprint density at radius 2 is 1.60 bits per heavy atom. The number of likely N-dealkylation sites (N-methyl/N-ethyl adjacent to an activating group) is 1. The molecule has 2 aromatic carbocycles. The van der Waals surface area contributed by atoms with Gasteiger partial charge in [-0.1, -0.05) is 12.1 Å². The van der Waals surface area contributed by atoms with Crippen molar-refractivity contribution in [2.24, 2.45) is 0 Å². The quantitative estimate of drug-likeness (QED) is 0.335. The standard InChI is InChI=1S/C30H35F3N8O/c1-38-12-14-40(15-13-38)25-8-4-23(5-9-25)27-36-28(34-10-11-39-16-18-42-19-17-39)26-29(37-27)41(21-35-26)20-22-2-6-24(7-3-22)30(31,32)33/h2-9,21H,10-20H2,1H3,(H,34,36,37). The van der Waals surface area contributed by atoms with Crippen LogP contribution in [-0.2, 0) is 17.5 Å². The summed E-state index contributed by atoms with van der Waals surface area (Å²) in [5.41, 5.74) is 3.36. The van der Waals surface area contributed by atoms with E-state index in [0.29, 0.717) is 35.9 Å². The molecule has 2 aliphatic heterocycles. The van der Waals surface area contributed by atoms with Crippen molar-refractivity contribution in [3.8, 4) is 11.4 Å². The lowest BCUT2D eigenvalue weighted by Gasteiger charge is -2.34. The van der Waals surface area contributed by atoms with Gasteiger partial charge in [0, 0.05) is 63.6 Å². The SMILES string of the molecule is CN1CCN(c2ccc(-c3nc(NCCN4CCOCC4)c4ncn(Cc5ccc(C(F)(F)F)cc5)c4n3)cc2)CC1. The first-order chi connectivity index (χ1) is 20.3. The van der Waals surface area contributed by atoms with Gasteiger partial charge < -0.3 is 24.4 Å². The van der Waals surface area contributed by atoms with Gasteiger partial charge in [-0.2, -0.15) is 13.2 Å². The van der Waals surface area contributed by atoms with Crippen LogP contribution in [0.4, 0.5) is 24.7 Å². The van der Waals surface area contributed by atoms with Crippen LogP contribution in [0.1, 0.15) is 11.1 Å². The van der Waals surface area contributed by atoms with Gasteiger partial charge in [-0.25, -0.2) is 15.0 Å². The van der Waals surface area contributed by atoms with Crippen LogP contribution in [0.25, 0.3) is 22.6 Å². The molecule has 0 spiro atoms. The largest absolute Gasteiger partial charge is 0.416 e. The Morgan fingerprint density at radius 3 is 2.29 bits per heavy atom. The van der Waals surface area contributed by atoms with Crippen LogP contribution in [-0.4, -0.2) is 102 Å². The highest BCUT2D eigenvalue weighted by atomic mass is 19.4. The van der Waals surface area contributed by atoms with Crippen molar-refractivity contribution in [2.75, 3.05) is 82.8 Å². The third kappa shape index (κ3) is 6.50. The maximum atomic E-state index is 13.1. The molecule has 2 aromatic heterocycles. The minimum atomic E-state index is -4.37. The van der Waals surface area contributed by atoms with E-state index in [2.05, 4.69) is 44.2 Å². The molecule has 2 aliphatic rings. The molecule has 1 N–H and O–H groups in total. The molecule has 9 nitrogen and oxygen atoms in total. The first kappa shape index (κ1) is 28.4. The number of alkyl halides is 3. The Kier molecular flexibility index (Phi) is 8.27. The van der Waals surface area contributed by atoms with Gasteiger partial charge in [0.2, 0.25) is 0 Å². The van der Waals surface area contributed by atoms with Gasteiger partial charge in [0.15, 0.2) is 17.3 Å². The molecule has 0 radical (unpaired) electrons. The molecule has 0 atom stereocenters. The zero-order valence-corrected chi connectivity index (χ0v) is 23.6. The number of nitrogens with one attached hydrogen (secondary N) is 1. The van der Waals surface area contributed by atoms with Crippen molar-refractivity contribution in [2.45, 2.75) is 12.7 Å². The Hall–Kier alpha value is -3.74. The maximum absolute atomic E-state index is 13.1. The topological polar surface area (TPSA) is 74.6 Å². The fourth-order valence-corrected chi connectivity index (χ4v) is 5.35. The van der Waals surface area contributed by atoms with E-state index < -0.39 is 11.7 Å². The highest BCUT2D eigenvalue weighted by Crippen LogP contribution is 2.30. The Balaban J connectivity index is 1.28. The molecule has 42 heavy (non-hydrogen) atoms. The van der Waals surface area contributed by atoms with Gasteiger partial charge in [0.1, 0.15) is 5.52 Å². The van der Waals surface area contributed by atoms with Crippen LogP contribution in [0.5, 0.6) is 0 Å². The molecule has 222 valence electrons. The Labute approximate surface area is 242 Å². The van der Waals surface area contributed by atoms with Gasteiger partial charge in [0.05, 0.1) is 31.6 Å². The van der Waals surface area contributed by atoms with Gasteiger partial charge in [-0.3, -0.25) is 4.90 Å². The van der Waals surface area contributed by atoms with Crippen LogP contribution in [0.15, 0.2) is 54.9 Å². The molecule has 0 bridgehead atoms. The van der Waals surface area contributed by atoms with Crippen molar-refractivity contribution >= 4 is 22.7 Å². The summed E-state index contributed by atoms with van der Waals surface area (Å²) in [5, 5.41) is 3.47. The second-order valence-corrected chi connectivity index (χ2v) is 10.9. The van der Waals surface area contributed by atoms with Crippen molar-refractivity contribution in [3.05, 3.63) is 66.0 Å². The molecule has 0 amide bonds. The summed E-state index contributed by atoms with van der Waals surface area (Å²) in [5.74, 6) is 1.20. The van der Waals surface area contributed by atoms with Crippen molar-refractivity contribution in [1.82, 2.24) is 29.3 Å². The summed E-state index contributed by atoms with van der Waals surface area (Å²) in [6, 6.07) is 13.5. The lowest BCUT2D eigenvalue weighted by Crippen LogP contribution is -2.44. The van der Waals surface area contributed by atoms with Gasteiger partial charge in [0.25, 0.3) is 0 Å². The molecule has 6 rings (SSSR count). The second kappa shape index (κ2) is 12.2. The number of piperazine rings is 1. The lowest BCUT2D eigenvalue weighted by molar-refractivity contribution is -0.137. The number of halogens is 3. The third-order valence-electron chi connectivity index (χ3n) is 7.92. The summed E-state index contributed by atoms with van der Waals surface area (Å²) in [6.45, 7) is 9.16. The van der Waals surface area contributed by atoms with E-state index in [9.17, 15) is 13.2 Å². The van der Waals surface area contributed by atoms with Crippen LogP contribution in [0, 0.1) is 0 Å². The van der Waals surface area contributed by atoms with E-state index in [1.165, 1.54) is 17.8 Å². The Morgan fingerprint density at radius 1 is 0.881 bits per heavy atom. The van der Waals surface area contributed by atoms with E-state index in [4.69, 9.17) is 14.7 Å². The highest BCUT2D eigenvalue weighted by Gasteiger charge is 2.30. The van der Waals surface area contributed by atoms with Crippen molar-refractivity contribution in [3.63, 3.8) is 0 Å². The summed E-state index contributed by atoms with van der Waals surface area (Å²) in [4.78, 5) is 21.4. The number of benzene rings is 2. The zero-order valence-electron chi connectivity index (χ0n) is 23.6. The average molecular weight is 581 g/mol. The van der Waals surface area contributed by atoms with E-state index >= 15 is 0 Å². The van der Waals surface area contributed by atoms with E-state index in [0.717, 1.165) is 82.3 Å². The summed E-state index contributed by atoms with van der Waals surface area (Å²) in [6.07, 6.45) is -2.70. The summed E-state index contributed by atoms with van der Waals surface area (Å²) >= 11 is 0. The van der Waals surface area contributed by atoms with E-state index in [1.807, 2.05) is 16.7 Å². The highest BCUT2D eigenvalue weighted by molar-refractivity contribution is 5.85. The van der Waals surface area contributed by atoms with Crippen molar-refractivity contribution in [1.29, 1.82) is 0 Å². The van der Waals surface area contributed by atoms with Gasteiger partial charge >= 0.3 is 6.18 Å². The number of ether oxygens (including phenoxy) is 1. The smallest absolute Gasteiger partial charge is 0.379 e. The summed E-state index contributed by atoms with van der Waals surface area (Å²) in [7, 11) is 2.14. The molecule has 4 heterocycles. The van der Waals surface area contributed by atoms with Crippen LogP contribution in [0.2, 0.25) is 0 Å². The van der Waals surface area contributed by atoms with Crippen LogP contribution < -0.4 is 10.2 Å². The van der Waals surface area contributed by atoms with E-state index in [-0.39, 0.29) is 0 Å². The number of aromatic nitrogens is 4. The number of imidazole rings is 1. The molecule has 12 heteroatoms. The average Bonchev–Trinajstić information content (AvgIpc) is 3.40. The number of hydrogen-bond acceptors (Lipinski definition) is 8. The Bertz CT molecular complexity index is 1480. The zero-order chi connectivity index (χ0) is 29.1. The number of anilines is 2. The summed E-state index contributed by atoms with van der Waals surface area (Å²) < 4.78 is 46.5. The lowest BCUT2D eigenvalue weighted by atomic mass is 10.1.